The highest BCUT2D eigenvalue weighted by atomic mass is 16.5. The Kier molecular flexibility index (Phi) is 4.81. The van der Waals surface area contributed by atoms with Crippen molar-refractivity contribution in [2.45, 2.75) is 58.7 Å². The van der Waals surface area contributed by atoms with Gasteiger partial charge in [0.25, 0.3) is 0 Å². The van der Waals surface area contributed by atoms with Gasteiger partial charge in [0.15, 0.2) is 0 Å². The summed E-state index contributed by atoms with van der Waals surface area (Å²) in [5, 5.41) is 0. The molecule has 3 nitrogen and oxygen atoms in total. The number of hydrogen-bond acceptors (Lipinski definition) is 3. The van der Waals surface area contributed by atoms with E-state index >= 15 is 0 Å². The first-order chi connectivity index (χ1) is 9.06. The molecule has 1 aromatic heterocycles. The van der Waals surface area contributed by atoms with Crippen LogP contribution in [0.25, 0.3) is 0 Å². The largest absolute Gasteiger partial charge is 0.375 e. The highest BCUT2D eigenvalue weighted by molar-refractivity contribution is 5.40. The minimum atomic E-state index is 0.333. The number of ether oxygens (including phenoxy) is 1. The van der Waals surface area contributed by atoms with Crippen molar-refractivity contribution >= 4 is 5.82 Å². The van der Waals surface area contributed by atoms with Crippen LogP contribution in [0.15, 0.2) is 18.3 Å². The smallest absolute Gasteiger partial charge is 0.128 e. The Morgan fingerprint density at radius 3 is 2.32 bits per heavy atom. The summed E-state index contributed by atoms with van der Waals surface area (Å²) in [7, 11) is 0. The molecule has 0 N–H and O–H groups in total. The van der Waals surface area contributed by atoms with Gasteiger partial charge in [-0.05, 0) is 44.2 Å². The van der Waals surface area contributed by atoms with Crippen LogP contribution in [-0.2, 0) is 4.74 Å². The minimum Gasteiger partial charge on any atom is -0.375 e. The fourth-order valence-electron chi connectivity index (χ4n) is 2.53. The first-order valence-corrected chi connectivity index (χ1v) is 7.42. The van der Waals surface area contributed by atoms with Crippen molar-refractivity contribution in [1.82, 2.24) is 4.98 Å². The Morgan fingerprint density at radius 1 is 1.16 bits per heavy atom. The SMILES string of the molecule is CC(C)OC1CCN(c2ccc(C(C)C)cn2)CC1. The molecule has 19 heavy (non-hydrogen) atoms. The number of anilines is 1. The van der Waals surface area contributed by atoms with E-state index in [1.54, 1.807) is 0 Å². The standard InChI is InChI=1S/C16H26N2O/c1-12(2)14-5-6-16(17-11-14)18-9-7-15(8-10-18)19-13(3)4/h5-6,11-13,15H,7-10H2,1-4H3. The predicted molar refractivity (Wildman–Crippen MR) is 79.8 cm³/mol. The summed E-state index contributed by atoms with van der Waals surface area (Å²) in [5.74, 6) is 1.65. The molecule has 0 bridgehead atoms. The van der Waals surface area contributed by atoms with Crippen LogP contribution < -0.4 is 4.90 Å². The van der Waals surface area contributed by atoms with Gasteiger partial charge in [-0.15, -0.1) is 0 Å². The normalized spacial score (nSPS) is 17.5. The maximum absolute atomic E-state index is 5.88. The third kappa shape index (κ3) is 3.93. The van der Waals surface area contributed by atoms with E-state index in [9.17, 15) is 0 Å². The zero-order valence-corrected chi connectivity index (χ0v) is 12.6. The zero-order valence-electron chi connectivity index (χ0n) is 12.6. The first kappa shape index (κ1) is 14.3. The minimum absolute atomic E-state index is 0.333. The molecule has 106 valence electrons. The van der Waals surface area contributed by atoms with E-state index in [1.165, 1.54) is 5.56 Å². The van der Waals surface area contributed by atoms with Gasteiger partial charge in [0.05, 0.1) is 12.2 Å². The topological polar surface area (TPSA) is 25.4 Å². The lowest BCUT2D eigenvalue weighted by molar-refractivity contribution is -0.00484. The molecule has 1 aliphatic rings. The second-order valence-electron chi connectivity index (χ2n) is 5.98. The summed E-state index contributed by atoms with van der Waals surface area (Å²) in [6, 6.07) is 4.35. The number of piperidine rings is 1. The van der Waals surface area contributed by atoms with Crippen LogP contribution in [0.4, 0.5) is 5.82 Å². The predicted octanol–water partition coefficient (Wildman–Crippen LogP) is 3.60. The third-order valence-corrected chi connectivity index (χ3v) is 3.67. The average molecular weight is 262 g/mol. The van der Waals surface area contributed by atoms with Gasteiger partial charge in [-0.25, -0.2) is 4.98 Å². The molecule has 2 heterocycles. The van der Waals surface area contributed by atoms with Crippen LogP contribution in [0.3, 0.4) is 0 Å². The number of hydrogen-bond donors (Lipinski definition) is 0. The summed E-state index contributed by atoms with van der Waals surface area (Å²) in [6.45, 7) is 10.7. The summed E-state index contributed by atoms with van der Waals surface area (Å²) in [5.41, 5.74) is 1.31. The van der Waals surface area contributed by atoms with Gasteiger partial charge >= 0.3 is 0 Å². The molecule has 1 fully saturated rings. The molecule has 1 aliphatic heterocycles. The molecule has 1 aromatic rings. The van der Waals surface area contributed by atoms with Crippen LogP contribution >= 0.6 is 0 Å². The fraction of sp³-hybridized carbons (Fsp3) is 0.688. The molecule has 0 radical (unpaired) electrons. The Morgan fingerprint density at radius 2 is 1.84 bits per heavy atom. The van der Waals surface area contributed by atoms with E-state index < -0.39 is 0 Å². The molecule has 3 heteroatoms. The molecule has 2 rings (SSSR count). The van der Waals surface area contributed by atoms with Gasteiger partial charge in [0.1, 0.15) is 5.82 Å². The lowest BCUT2D eigenvalue weighted by Gasteiger charge is -2.33. The first-order valence-electron chi connectivity index (χ1n) is 7.42. The molecular weight excluding hydrogens is 236 g/mol. The Balaban J connectivity index is 1.90. The van der Waals surface area contributed by atoms with Crippen LogP contribution in [-0.4, -0.2) is 30.3 Å². The Hall–Kier alpha value is -1.09. The molecule has 0 saturated carbocycles. The van der Waals surface area contributed by atoms with Crippen LogP contribution in [0.1, 0.15) is 52.0 Å². The molecule has 0 spiro atoms. The second-order valence-corrected chi connectivity index (χ2v) is 5.98. The molecule has 0 aromatic carbocycles. The Labute approximate surface area is 117 Å². The van der Waals surface area contributed by atoms with E-state index in [2.05, 4.69) is 49.7 Å². The van der Waals surface area contributed by atoms with Gasteiger partial charge in [-0.1, -0.05) is 19.9 Å². The lowest BCUT2D eigenvalue weighted by Crippen LogP contribution is -2.38. The van der Waals surface area contributed by atoms with Crippen molar-refractivity contribution in [3.05, 3.63) is 23.9 Å². The van der Waals surface area contributed by atoms with Crippen molar-refractivity contribution in [3.8, 4) is 0 Å². The fourth-order valence-corrected chi connectivity index (χ4v) is 2.53. The van der Waals surface area contributed by atoms with Gasteiger partial charge in [-0.2, -0.15) is 0 Å². The number of rotatable bonds is 4. The average Bonchev–Trinajstić information content (AvgIpc) is 2.39. The summed E-state index contributed by atoms with van der Waals surface area (Å²) < 4.78 is 5.88. The van der Waals surface area contributed by atoms with Crippen LogP contribution in [0.2, 0.25) is 0 Å². The zero-order chi connectivity index (χ0) is 13.8. The molecule has 0 atom stereocenters. The lowest BCUT2D eigenvalue weighted by atomic mass is 10.1. The molecule has 0 aliphatic carbocycles. The van der Waals surface area contributed by atoms with E-state index in [0.717, 1.165) is 31.7 Å². The van der Waals surface area contributed by atoms with E-state index in [4.69, 9.17) is 4.74 Å². The van der Waals surface area contributed by atoms with Crippen molar-refractivity contribution < 1.29 is 4.74 Å². The molecule has 0 unspecified atom stereocenters. The Bertz CT molecular complexity index is 378. The second kappa shape index (κ2) is 6.38. The van der Waals surface area contributed by atoms with E-state index in [1.807, 2.05) is 6.20 Å². The van der Waals surface area contributed by atoms with Crippen LogP contribution in [0, 0.1) is 0 Å². The van der Waals surface area contributed by atoms with Crippen molar-refractivity contribution in [2.24, 2.45) is 0 Å². The highest BCUT2D eigenvalue weighted by Gasteiger charge is 2.21. The van der Waals surface area contributed by atoms with Crippen molar-refractivity contribution in [3.63, 3.8) is 0 Å². The number of aromatic nitrogens is 1. The quantitative estimate of drug-likeness (QED) is 0.829. The maximum Gasteiger partial charge on any atom is 0.128 e. The highest BCUT2D eigenvalue weighted by Crippen LogP contribution is 2.22. The summed E-state index contributed by atoms with van der Waals surface area (Å²) >= 11 is 0. The van der Waals surface area contributed by atoms with Crippen LogP contribution in [0.5, 0.6) is 0 Å². The van der Waals surface area contributed by atoms with Gasteiger partial charge in [0.2, 0.25) is 0 Å². The van der Waals surface area contributed by atoms with Gasteiger partial charge < -0.3 is 9.64 Å². The van der Waals surface area contributed by atoms with E-state index in [-0.39, 0.29) is 0 Å². The van der Waals surface area contributed by atoms with Crippen molar-refractivity contribution in [2.75, 3.05) is 18.0 Å². The molecular formula is C16H26N2O. The maximum atomic E-state index is 5.88. The van der Waals surface area contributed by atoms with E-state index in [0.29, 0.717) is 18.1 Å². The summed E-state index contributed by atoms with van der Waals surface area (Å²) in [4.78, 5) is 6.96. The summed E-state index contributed by atoms with van der Waals surface area (Å²) in [6.07, 6.45) is 4.97. The monoisotopic (exact) mass is 262 g/mol. The third-order valence-electron chi connectivity index (χ3n) is 3.67. The number of pyridine rings is 1. The number of nitrogens with zero attached hydrogens (tertiary/aromatic N) is 2. The molecule has 1 saturated heterocycles. The van der Waals surface area contributed by atoms with Gasteiger partial charge in [0, 0.05) is 19.3 Å². The van der Waals surface area contributed by atoms with Crippen molar-refractivity contribution in [1.29, 1.82) is 0 Å². The van der Waals surface area contributed by atoms with Gasteiger partial charge in [-0.3, -0.25) is 0 Å². The molecule has 0 amide bonds.